The first-order chi connectivity index (χ1) is 13.4. The number of para-hydroxylation sites is 1. The topological polar surface area (TPSA) is 34.6 Å². The van der Waals surface area contributed by atoms with E-state index in [1.807, 2.05) is 77.5 Å². The van der Waals surface area contributed by atoms with E-state index in [0.717, 1.165) is 28.1 Å². The third-order valence-electron chi connectivity index (χ3n) is 4.58. The Balaban J connectivity index is 1.76. The molecular weight excluding hydrogens is 332 g/mol. The second-order valence-electron chi connectivity index (χ2n) is 6.31. The molecule has 0 N–H and O–H groups in total. The van der Waals surface area contributed by atoms with Gasteiger partial charge in [0, 0.05) is 10.2 Å². The van der Waals surface area contributed by atoms with Crippen LogP contribution < -0.4 is 4.68 Å². The number of tetrazole rings is 1. The molecule has 5 rings (SSSR count). The van der Waals surface area contributed by atoms with Crippen LogP contribution in [0.3, 0.4) is 0 Å². The van der Waals surface area contributed by atoms with Crippen molar-refractivity contribution in [1.29, 1.82) is 0 Å². The van der Waals surface area contributed by atoms with Crippen LogP contribution in [0.2, 0.25) is 0 Å². The molecule has 1 aromatic heterocycles. The normalized spacial score (nSPS) is 11.0. The standard InChI is InChI=1S/C23H17N4/c1-3-11-19(12-4-1)23-24-27(25-26(23)20-14-5-2-6-15-20)22-17-9-13-18-10-7-8-16-21(18)22/h1-17H/q+1. The van der Waals surface area contributed by atoms with Crippen LogP contribution in [0.4, 0.5) is 0 Å². The predicted octanol–water partition coefficient (Wildman–Crippen LogP) is 4.36. The van der Waals surface area contributed by atoms with Crippen LogP contribution in [0, 0.1) is 0 Å². The molecule has 0 saturated carbocycles. The summed E-state index contributed by atoms with van der Waals surface area (Å²) in [5, 5.41) is 11.9. The van der Waals surface area contributed by atoms with E-state index in [1.165, 1.54) is 5.39 Å². The Morgan fingerprint density at radius 3 is 2.11 bits per heavy atom. The first kappa shape index (κ1) is 15.5. The van der Waals surface area contributed by atoms with Crippen LogP contribution in [0.1, 0.15) is 0 Å². The zero-order valence-electron chi connectivity index (χ0n) is 14.6. The van der Waals surface area contributed by atoms with Gasteiger partial charge in [0.05, 0.1) is 15.9 Å². The van der Waals surface area contributed by atoms with Gasteiger partial charge in [-0.2, -0.15) is 0 Å². The molecule has 4 heteroatoms. The average Bonchev–Trinajstić information content (AvgIpc) is 3.20. The van der Waals surface area contributed by atoms with Crippen molar-refractivity contribution in [2.45, 2.75) is 0 Å². The summed E-state index contributed by atoms with van der Waals surface area (Å²) in [6.07, 6.45) is 0. The summed E-state index contributed by atoms with van der Waals surface area (Å²) in [5.41, 5.74) is 2.95. The fourth-order valence-corrected chi connectivity index (χ4v) is 3.27. The molecule has 5 aromatic rings. The number of fused-ring (bicyclic) bond motifs is 1. The minimum absolute atomic E-state index is 0.801. The van der Waals surface area contributed by atoms with Crippen LogP contribution in [-0.4, -0.2) is 15.1 Å². The van der Waals surface area contributed by atoms with Crippen molar-refractivity contribution in [3.63, 3.8) is 0 Å². The molecule has 0 radical (unpaired) electrons. The molecule has 4 nitrogen and oxygen atoms in total. The van der Waals surface area contributed by atoms with E-state index in [0.29, 0.717) is 0 Å². The van der Waals surface area contributed by atoms with Gasteiger partial charge in [-0.05, 0) is 35.7 Å². The summed E-state index contributed by atoms with van der Waals surface area (Å²) in [6, 6.07) is 34.7. The summed E-state index contributed by atoms with van der Waals surface area (Å²) in [6.45, 7) is 0. The van der Waals surface area contributed by atoms with Crippen molar-refractivity contribution in [3.05, 3.63) is 103 Å². The summed E-state index contributed by atoms with van der Waals surface area (Å²) in [4.78, 5) is 1.72. The third-order valence-corrected chi connectivity index (χ3v) is 4.58. The van der Waals surface area contributed by atoms with E-state index in [2.05, 4.69) is 30.3 Å². The fourth-order valence-electron chi connectivity index (χ4n) is 3.27. The molecule has 0 amide bonds. The molecule has 27 heavy (non-hydrogen) atoms. The second-order valence-corrected chi connectivity index (χ2v) is 6.31. The highest BCUT2D eigenvalue weighted by Gasteiger charge is 2.24. The van der Waals surface area contributed by atoms with Crippen LogP contribution in [0.15, 0.2) is 103 Å². The maximum atomic E-state index is 4.85. The summed E-state index contributed by atoms with van der Waals surface area (Å²) >= 11 is 0. The SMILES string of the molecule is c1ccc(-c2nn(-c3cccc4ccccc34)n[n+]2-c2ccccc2)cc1. The molecule has 0 aliphatic rings. The van der Waals surface area contributed by atoms with Crippen molar-refractivity contribution < 1.29 is 4.68 Å². The van der Waals surface area contributed by atoms with Crippen LogP contribution >= 0.6 is 0 Å². The van der Waals surface area contributed by atoms with Crippen LogP contribution in [-0.2, 0) is 0 Å². The molecule has 0 saturated heterocycles. The Kier molecular flexibility index (Phi) is 3.72. The lowest BCUT2D eigenvalue weighted by molar-refractivity contribution is -0.651. The molecule has 0 aliphatic heterocycles. The van der Waals surface area contributed by atoms with Gasteiger partial charge in [-0.3, -0.25) is 0 Å². The number of nitrogens with zero attached hydrogens (tertiary/aromatic N) is 4. The summed E-state index contributed by atoms with van der Waals surface area (Å²) < 4.78 is 1.89. The Morgan fingerprint density at radius 2 is 1.30 bits per heavy atom. The average molecular weight is 349 g/mol. The molecule has 0 spiro atoms. The Hall–Kier alpha value is -3.79. The van der Waals surface area contributed by atoms with Crippen molar-refractivity contribution in [1.82, 2.24) is 15.1 Å². The van der Waals surface area contributed by atoms with Gasteiger partial charge in [0.25, 0.3) is 0 Å². The number of benzene rings is 4. The zero-order valence-corrected chi connectivity index (χ0v) is 14.6. The lowest BCUT2D eigenvalue weighted by Crippen LogP contribution is -2.35. The lowest BCUT2D eigenvalue weighted by atomic mass is 10.1. The van der Waals surface area contributed by atoms with E-state index in [4.69, 9.17) is 10.3 Å². The second kappa shape index (κ2) is 6.50. The fraction of sp³-hybridized carbons (Fsp3) is 0. The smallest absolute Gasteiger partial charge is 0.0971 e. The zero-order chi connectivity index (χ0) is 18.1. The van der Waals surface area contributed by atoms with Gasteiger partial charge in [-0.25, -0.2) is 0 Å². The maximum Gasteiger partial charge on any atom is 0.335 e. The Labute approximate surface area is 156 Å². The highest BCUT2D eigenvalue weighted by Crippen LogP contribution is 2.22. The van der Waals surface area contributed by atoms with Crippen LogP contribution in [0.25, 0.3) is 33.5 Å². The van der Waals surface area contributed by atoms with Gasteiger partial charge >= 0.3 is 5.82 Å². The van der Waals surface area contributed by atoms with Gasteiger partial charge in [-0.1, -0.05) is 77.5 Å². The first-order valence-corrected chi connectivity index (χ1v) is 8.89. The van der Waals surface area contributed by atoms with Crippen molar-refractivity contribution in [2.24, 2.45) is 0 Å². The Bertz CT molecular complexity index is 1150. The number of hydrogen-bond acceptors (Lipinski definition) is 2. The van der Waals surface area contributed by atoms with Gasteiger partial charge in [0.15, 0.2) is 5.69 Å². The maximum absolute atomic E-state index is 4.85. The van der Waals surface area contributed by atoms with Gasteiger partial charge < -0.3 is 0 Å². The minimum atomic E-state index is 0.801. The quantitative estimate of drug-likeness (QED) is 0.454. The molecule has 0 bridgehead atoms. The van der Waals surface area contributed by atoms with E-state index >= 15 is 0 Å². The highest BCUT2D eigenvalue weighted by atomic mass is 15.6. The third kappa shape index (κ3) is 2.77. The summed E-state index contributed by atoms with van der Waals surface area (Å²) in [5.74, 6) is 0.801. The predicted molar refractivity (Wildman–Crippen MR) is 106 cm³/mol. The van der Waals surface area contributed by atoms with Gasteiger partial charge in [0.1, 0.15) is 5.69 Å². The molecule has 1 heterocycles. The molecule has 0 unspecified atom stereocenters. The summed E-state index contributed by atoms with van der Waals surface area (Å²) in [7, 11) is 0. The largest absolute Gasteiger partial charge is 0.335 e. The highest BCUT2D eigenvalue weighted by molar-refractivity contribution is 5.89. The van der Waals surface area contributed by atoms with Crippen LogP contribution in [0.5, 0.6) is 0 Å². The van der Waals surface area contributed by atoms with Crippen molar-refractivity contribution in [3.8, 4) is 22.8 Å². The molecule has 128 valence electrons. The van der Waals surface area contributed by atoms with E-state index in [1.54, 1.807) is 4.80 Å². The molecule has 4 aromatic carbocycles. The number of hydrogen-bond donors (Lipinski definition) is 0. The minimum Gasteiger partial charge on any atom is -0.0971 e. The van der Waals surface area contributed by atoms with Crippen molar-refractivity contribution >= 4 is 10.8 Å². The van der Waals surface area contributed by atoms with Gasteiger partial charge in [0.2, 0.25) is 0 Å². The monoisotopic (exact) mass is 349 g/mol. The number of rotatable bonds is 3. The van der Waals surface area contributed by atoms with E-state index in [-0.39, 0.29) is 0 Å². The lowest BCUT2D eigenvalue weighted by Gasteiger charge is -1.99. The molecular formula is C23H17N4+. The molecule has 0 atom stereocenters. The first-order valence-electron chi connectivity index (χ1n) is 8.89. The van der Waals surface area contributed by atoms with E-state index < -0.39 is 0 Å². The molecule has 0 fully saturated rings. The van der Waals surface area contributed by atoms with Gasteiger partial charge in [-0.15, -0.1) is 0 Å². The number of aromatic nitrogens is 4. The molecule has 0 aliphatic carbocycles. The van der Waals surface area contributed by atoms with Crippen molar-refractivity contribution in [2.75, 3.05) is 0 Å². The van der Waals surface area contributed by atoms with E-state index in [9.17, 15) is 0 Å². The Morgan fingerprint density at radius 1 is 0.630 bits per heavy atom.